The molecule has 0 aromatic rings. The summed E-state index contributed by atoms with van der Waals surface area (Å²) in [6.07, 6.45) is 2.16. The average molecular weight is 292 g/mol. The highest BCUT2D eigenvalue weighted by Crippen LogP contribution is 2.11. The van der Waals surface area contributed by atoms with Gasteiger partial charge in [0.15, 0.2) is 0 Å². The van der Waals surface area contributed by atoms with Crippen LogP contribution in [0.15, 0.2) is 0 Å². The van der Waals surface area contributed by atoms with Crippen molar-refractivity contribution in [3.05, 3.63) is 0 Å². The molecular weight excluding hydrogens is 268 g/mol. The molecule has 0 bridgehead atoms. The molecule has 1 heterocycles. The highest BCUT2D eigenvalue weighted by atomic mass is 32.2. The summed E-state index contributed by atoms with van der Waals surface area (Å²) in [5.41, 5.74) is 0. The standard InChI is InChI=1S/C12H24N2O4S/c1-4-11(2)14(19(3,16)17)6-5-12(15)13-7-9-18-10-8-13/h11H,4-10H2,1-3H3. The van der Waals surface area contributed by atoms with E-state index in [1.165, 1.54) is 10.6 Å². The zero-order valence-electron chi connectivity index (χ0n) is 12.0. The van der Waals surface area contributed by atoms with Gasteiger partial charge in [0.2, 0.25) is 15.9 Å². The van der Waals surface area contributed by atoms with Gasteiger partial charge in [0.1, 0.15) is 0 Å². The van der Waals surface area contributed by atoms with Gasteiger partial charge in [0, 0.05) is 32.1 Å². The summed E-state index contributed by atoms with van der Waals surface area (Å²) in [5, 5.41) is 0. The molecule has 1 aliphatic rings. The van der Waals surface area contributed by atoms with Crippen molar-refractivity contribution >= 4 is 15.9 Å². The molecule has 1 atom stereocenters. The van der Waals surface area contributed by atoms with Gasteiger partial charge in [0.25, 0.3) is 0 Å². The summed E-state index contributed by atoms with van der Waals surface area (Å²) in [7, 11) is -3.26. The summed E-state index contributed by atoms with van der Waals surface area (Å²) in [5.74, 6) is 0.000234. The Morgan fingerprint density at radius 3 is 2.42 bits per heavy atom. The molecule has 1 fully saturated rings. The van der Waals surface area contributed by atoms with Gasteiger partial charge < -0.3 is 9.64 Å². The van der Waals surface area contributed by atoms with Crippen molar-refractivity contribution in [2.24, 2.45) is 0 Å². The molecule has 7 heteroatoms. The quantitative estimate of drug-likeness (QED) is 0.706. The summed E-state index contributed by atoms with van der Waals surface area (Å²) in [6, 6.07) is -0.0764. The van der Waals surface area contributed by atoms with Crippen molar-refractivity contribution in [3.63, 3.8) is 0 Å². The van der Waals surface area contributed by atoms with Gasteiger partial charge in [0.05, 0.1) is 19.5 Å². The lowest BCUT2D eigenvalue weighted by atomic mass is 10.2. The molecule has 0 saturated carbocycles. The minimum absolute atomic E-state index is 0.000234. The van der Waals surface area contributed by atoms with Crippen molar-refractivity contribution < 1.29 is 17.9 Å². The average Bonchev–Trinajstić information content (AvgIpc) is 2.37. The van der Waals surface area contributed by atoms with Crippen LogP contribution >= 0.6 is 0 Å². The number of carbonyl (C=O) groups is 1. The second-order valence-electron chi connectivity index (χ2n) is 4.87. The summed E-state index contributed by atoms with van der Waals surface area (Å²) in [4.78, 5) is 13.7. The molecule has 19 heavy (non-hydrogen) atoms. The lowest BCUT2D eigenvalue weighted by molar-refractivity contribution is -0.135. The fraction of sp³-hybridized carbons (Fsp3) is 0.917. The third kappa shape index (κ3) is 5.08. The highest BCUT2D eigenvalue weighted by molar-refractivity contribution is 7.88. The topological polar surface area (TPSA) is 66.9 Å². The van der Waals surface area contributed by atoms with E-state index in [0.29, 0.717) is 26.3 Å². The summed E-state index contributed by atoms with van der Waals surface area (Å²) >= 11 is 0. The van der Waals surface area contributed by atoms with Crippen LogP contribution in [0.4, 0.5) is 0 Å². The van der Waals surface area contributed by atoms with Gasteiger partial charge in [-0.15, -0.1) is 0 Å². The van der Waals surface area contributed by atoms with Crippen molar-refractivity contribution in [1.29, 1.82) is 0 Å². The first-order chi connectivity index (χ1) is 8.86. The zero-order valence-corrected chi connectivity index (χ0v) is 12.8. The third-order valence-corrected chi connectivity index (χ3v) is 4.81. The molecule has 0 aromatic carbocycles. The van der Waals surface area contributed by atoms with Gasteiger partial charge in [-0.1, -0.05) is 6.92 Å². The number of amides is 1. The van der Waals surface area contributed by atoms with Crippen LogP contribution in [-0.2, 0) is 19.6 Å². The molecule has 0 aromatic heterocycles. The molecule has 1 saturated heterocycles. The second-order valence-corrected chi connectivity index (χ2v) is 6.81. The Labute approximate surface area is 115 Å². The lowest BCUT2D eigenvalue weighted by Gasteiger charge is -2.29. The molecule has 1 aliphatic heterocycles. The van der Waals surface area contributed by atoms with Crippen LogP contribution in [0, 0.1) is 0 Å². The van der Waals surface area contributed by atoms with E-state index in [2.05, 4.69) is 0 Å². The number of nitrogens with zero attached hydrogens (tertiary/aromatic N) is 2. The van der Waals surface area contributed by atoms with Crippen LogP contribution in [0.3, 0.4) is 0 Å². The normalized spacial score (nSPS) is 18.6. The number of hydrogen-bond acceptors (Lipinski definition) is 4. The van der Waals surface area contributed by atoms with E-state index in [1.54, 1.807) is 4.90 Å². The van der Waals surface area contributed by atoms with Crippen molar-refractivity contribution in [1.82, 2.24) is 9.21 Å². The van der Waals surface area contributed by atoms with E-state index in [1.807, 2.05) is 13.8 Å². The third-order valence-electron chi connectivity index (χ3n) is 3.42. The minimum Gasteiger partial charge on any atom is -0.378 e. The summed E-state index contributed by atoms with van der Waals surface area (Å²) < 4.78 is 30.0. The predicted molar refractivity (Wildman–Crippen MR) is 73.3 cm³/mol. The number of ether oxygens (including phenoxy) is 1. The largest absolute Gasteiger partial charge is 0.378 e. The Morgan fingerprint density at radius 2 is 1.95 bits per heavy atom. The number of morpholine rings is 1. The number of carbonyl (C=O) groups excluding carboxylic acids is 1. The maximum Gasteiger partial charge on any atom is 0.224 e. The van der Waals surface area contributed by atoms with E-state index in [-0.39, 0.29) is 24.9 Å². The predicted octanol–water partition coefficient (Wildman–Crippen LogP) is 0.295. The van der Waals surface area contributed by atoms with Gasteiger partial charge in [-0.3, -0.25) is 4.79 Å². The molecule has 1 amide bonds. The Morgan fingerprint density at radius 1 is 1.37 bits per heavy atom. The number of sulfonamides is 1. The van der Waals surface area contributed by atoms with Gasteiger partial charge in [-0.25, -0.2) is 8.42 Å². The van der Waals surface area contributed by atoms with Crippen molar-refractivity contribution in [2.75, 3.05) is 39.1 Å². The van der Waals surface area contributed by atoms with Gasteiger partial charge in [-0.2, -0.15) is 4.31 Å². The Hall–Kier alpha value is -0.660. The van der Waals surface area contributed by atoms with Gasteiger partial charge in [-0.05, 0) is 13.3 Å². The highest BCUT2D eigenvalue weighted by Gasteiger charge is 2.24. The van der Waals surface area contributed by atoms with E-state index in [9.17, 15) is 13.2 Å². The van der Waals surface area contributed by atoms with Crippen LogP contribution in [0.25, 0.3) is 0 Å². The van der Waals surface area contributed by atoms with Crippen LogP contribution in [0.5, 0.6) is 0 Å². The van der Waals surface area contributed by atoms with Crippen molar-refractivity contribution in [2.45, 2.75) is 32.7 Å². The molecule has 0 radical (unpaired) electrons. The Bertz CT molecular complexity index is 391. The Kier molecular flexibility index (Phi) is 6.22. The second kappa shape index (κ2) is 7.21. The van der Waals surface area contributed by atoms with Crippen LogP contribution in [-0.4, -0.2) is 68.7 Å². The molecule has 1 unspecified atom stereocenters. The van der Waals surface area contributed by atoms with Crippen molar-refractivity contribution in [3.8, 4) is 0 Å². The van der Waals surface area contributed by atoms with E-state index in [4.69, 9.17) is 4.74 Å². The first-order valence-electron chi connectivity index (χ1n) is 6.68. The van der Waals surface area contributed by atoms with E-state index < -0.39 is 10.0 Å². The first-order valence-corrected chi connectivity index (χ1v) is 8.53. The van der Waals surface area contributed by atoms with Crippen LogP contribution in [0.1, 0.15) is 26.7 Å². The fourth-order valence-corrected chi connectivity index (χ4v) is 3.32. The number of rotatable bonds is 6. The fourth-order valence-electron chi connectivity index (χ4n) is 2.09. The molecule has 0 aliphatic carbocycles. The monoisotopic (exact) mass is 292 g/mol. The molecular formula is C12H24N2O4S. The van der Waals surface area contributed by atoms with Crippen LogP contribution in [0.2, 0.25) is 0 Å². The maximum atomic E-state index is 12.0. The van der Waals surface area contributed by atoms with E-state index >= 15 is 0 Å². The molecule has 112 valence electrons. The smallest absolute Gasteiger partial charge is 0.224 e. The lowest BCUT2D eigenvalue weighted by Crippen LogP contribution is -2.44. The zero-order chi connectivity index (χ0) is 14.5. The molecule has 0 spiro atoms. The van der Waals surface area contributed by atoms with E-state index in [0.717, 1.165) is 6.42 Å². The molecule has 0 N–H and O–H groups in total. The van der Waals surface area contributed by atoms with Crippen LogP contribution < -0.4 is 0 Å². The Balaban J connectivity index is 2.54. The minimum atomic E-state index is -3.26. The molecule has 1 rings (SSSR count). The number of hydrogen-bond donors (Lipinski definition) is 0. The summed E-state index contributed by atoms with van der Waals surface area (Å²) in [6.45, 7) is 6.37. The maximum absolute atomic E-state index is 12.0. The first kappa shape index (κ1) is 16.4. The molecule has 6 nitrogen and oxygen atoms in total. The SMILES string of the molecule is CCC(C)N(CCC(=O)N1CCOCC1)S(C)(=O)=O. The van der Waals surface area contributed by atoms with Gasteiger partial charge >= 0.3 is 0 Å².